The first kappa shape index (κ1) is 27.6. The van der Waals surface area contributed by atoms with Crippen LogP contribution >= 0.6 is 0 Å². The number of nitrogens with zero attached hydrogens (tertiary/aromatic N) is 1. The van der Waals surface area contributed by atoms with Crippen molar-refractivity contribution >= 4 is 29.8 Å². The number of rotatable bonds is 8. The molecule has 1 heterocycles. The number of primary amides is 1. The zero-order chi connectivity index (χ0) is 26.4. The molecule has 0 bridgehead atoms. The minimum atomic E-state index is -1.50. The van der Waals surface area contributed by atoms with E-state index >= 15 is 0 Å². The Morgan fingerprint density at radius 1 is 1.09 bits per heavy atom. The number of aliphatic carboxylic acids is 1. The molecule has 0 aliphatic carbocycles. The lowest BCUT2D eigenvalue weighted by atomic mass is 9.72. The maximum absolute atomic E-state index is 13.5. The SMILES string of the molecule is CC(NC(=O)C1(c2ccccc2)CCN(C(=O)OC(C)(C)C)CC1)C(=O)NC(CC(N)=O)C(=O)O. The molecular weight excluding hydrogens is 456 g/mol. The molecule has 1 aliphatic rings. The fourth-order valence-corrected chi connectivity index (χ4v) is 3.90. The molecule has 2 atom stereocenters. The van der Waals surface area contributed by atoms with Crippen LogP contribution in [0.25, 0.3) is 0 Å². The van der Waals surface area contributed by atoms with Gasteiger partial charge in [-0.25, -0.2) is 9.59 Å². The van der Waals surface area contributed by atoms with Crippen LogP contribution in [0.1, 0.15) is 52.5 Å². The van der Waals surface area contributed by atoms with Gasteiger partial charge >= 0.3 is 12.1 Å². The second-order valence-electron chi connectivity index (χ2n) is 9.68. The van der Waals surface area contributed by atoms with Crippen molar-refractivity contribution in [3.8, 4) is 0 Å². The van der Waals surface area contributed by atoms with Crippen LogP contribution in [0, 0.1) is 0 Å². The molecule has 11 heteroatoms. The number of benzene rings is 1. The Bertz CT molecular complexity index is 950. The summed E-state index contributed by atoms with van der Waals surface area (Å²) >= 11 is 0. The van der Waals surface area contributed by atoms with E-state index in [-0.39, 0.29) is 13.1 Å². The number of likely N-dealkylation sites (tertiary alicyclic amines) is 1. The number of carbonyl (C=O) groups excluding carboxylic acids is 4. The predicted octanol–water partition coefficient (Wildman–Crippen LogP) is 0.905. The lowest BCUT2D eigenvalue weighted by Crippen LogP contribution is -2.57. The fourth-order valence-electron chi connectivity index (χ4n) is 3.90. The third kappa shape index (κ3) is 7.43. The molecule has 4 amide bonds. The van der Waals surface area contributed by atoms with Gasteiger partial charge in [0.1, 0.15) is 17.7 Å². The minimum Gasteiger partial charge on any atom is -0.480 e. The summed E-state index contributed by atoms with van der Waals surface area (Å²) in [5.41, 5.74) is 4.14. The van der Waals surface area contributed by atoms with Gasteiger partial charge in [-0.1, -0.05) is 30.3 Å². The first-order chi connectivity index (χ1) is 16.2. The van der Waals surface area contributed by atoms with Crippen LogP contribution in [0.4, 0.5) is 4.79 Å². The molecule has 0 aromatic heterocycles. The van der Waals surface area contributed by atoms with Crippen molar-refractivity contribution in [1.82, 2.24) is 15.5 Å². The van der Waals surface area contributed by atoms with E-state index in [0.29, 0.717) is 12.8 Å². The number of carboxylic acids is 1. The first-order valence-corrected chi connectivity index (χ1v) is 11.4. The third-order valence-electron chi connectivity index (χ3n) is 5.79. The van der Waals surface area contributed by atoms with E-state index in [0.717, 1.165) is 5.56 Å². The maximum atomic E-state index is 13.5. The van der Waals surface area contributed by atoms with Gasteiger partial charge in [0.05, 0.1) is 11.8 Å². The highest BCUT2D eigenvalue weighted by Gasteiger charge is 2.45. The number of hydrogen-bond donors (Lipinski definition) is 4. The number of ether oxygens (including phenoxy) is 1. The largest absolute Gasteiger partial charge is 0.480 e. The number of hydrogen-bond acceptors (Lipinski definition) is 6. The van der Waals surface area contributed by atoms with Crippen LogP contribution in [-0.4, -0.2) is 70.6 Å². The molecule has 0 saturated carbocycles. The van der Waals surface area contributed by atoms with Crippen LogP contribution in [0.3, 0.4) is 0 Å². The molecule has 1 aromatic carbocycles. The number of piperidine rings is 1. The smallest absolute Gasteiger partial charge is 0.410 e. The second kappa shape index (κ2) is 11.2. The van der Waals surface area contributed by atoms with E-state index in [2.05, 4.69) is 10.6 Å². The summed E-state index contributed by atoms with van der Waals surface area (Å²) in [4.78, 5) is 62.6. The molecule has 0 spiro atoms. The van der Waals surface area contributed by atoms with Crippen molar-refractivity contribution in [3.05, 3.63) is 35.9 Å². The van der Waals surface area contributed by atoms with Gasteiger partial charge in [0.15, 0.2) is 0 Å². The number of carboxylic acid groups (broad SMARTS) is 1. The van der Waals surface area contributed by atoms with E-state index in [4.69, 9.17) is 10.5 Å². The molecule has 0 radical (unpaired) electrons. The highest BCUT2D eigenvalue weighted by Crippen LogP contribution is 2.36. The molecule has 2 rings (SSSR count). The lowest BCUT2D eigenvalue weighted by Gasteiger charge is -2.41. The summed E-state index contributed by atoms with van der Waals surface area (Å²) in [6.45, 7) is 7.31. The van der Waals surface area contributed by atoms with Crippen LogP contribution < -0.4 is 16.4 Å². The van der Waals surface area contributed by atoms with E-state index in [1.54, 1.807) is 25.7 Å². The fraction of sp³-hybridized carbons (Fsp3) is 0.542. The maximum Gasteiger partial charge on any atom is 0.410 e. The molecule has 192 valence electrons. The van der Waals surface area contributed by atoms with Crippen LogP contribution in [0.2, 0.25) is 0 Å². The van der Waals surface area contributed by atoms with Crippen LogP contribution in [-0.2, 0) is 29.3 Å². The van der Waals surface area contributed by atoms with E-state index in [1.165, 1.54) is 6.92 Å². The molecule has 1 aliphatic heterocycles. The Labute approximate surface area is 204 Å². The van der Waals surface area contributed by atoms with E-state index < -0.39 is 59.3 Å². The van der Waals surface area contributed by atoms with E-state index in [1.807, 2.05) is 30.3 Å². The minimum absolute atomic E-state index is 0.275. The third-order valence-corrected chi connectivity index (χ3v) is 5.79. The average molecular weight is 491 g/mol. The standard InChI is InChI=1S/C24H34N4O7/c1-15(19(30)27-17(20(31)32)14-18(25)29)26-21(33)24(16-8-6-5-7-9-16)10-12-28(13-11-24)22(34)35-23(2,3)4/h5-9,15,17H,10-14H2,1-4H3,(H2,25,29)(H,26,33)(H,27,30)(H,31,32). The summed E-state index contributed by atoms with van der Waals surface area (Å²) in [5, 5.41) is 14.1. The topological polar surface area (TPSA) is 168 Å². The van der Waals surface area contributed by atoms with Crippen molar-refractivity contribution in [2.75, 3.05) is 13.1 Å². The van der Waals surface area contributed by atoms with Gasteiger partial charge in [-0.2, -0.15) is 0 Å². The highest BCUT2D eigenvalue weighted by atomic mass is 16.6. The summed E-state index contributed by atoms with van der Waals surface area (Å²) in [6, 6.07) is 6.50. The van der Waals surface area contributed by atoms with E-state index in [9.17, 15) is 29.1 Å². The number of amides is 4. The van der Waals surface area contributed by atoms with Gasteiger partial charge in [-0.05, 0) is 46.1 Å². The molecule has 35 heavy (non-hydrogen) atoms. The van der Waals surface area contributed by atoms with Gasteiger partial charge in [0.25, 0.3) is 0 Å². The van der Waals surface area contributed by atoms with Crippen molar-refractivity contribution in [2.24, 2.45) is 5.73 Å². The molecule has 1 fully saturated rings. The molecule has 5 N–H and O–H groups in total. The normalized spacial score (nSPS) is 17.0. The van der Waals surface area contributed by atoms with Gasteiger partial charge in [0.2, 0.25) is 17.7 Å². The molecule has 11 nitrogen and oxygen atoms in total. The second-order valence-corrected chi connectivity index (χ2v) is 9.68. The quantitative estimate of drug-likeness (QED) is 0.420. The molecule has 1 aromatic rings. The zero-order valence-electron chi connectivity index (χ0n) is 20.5. The number of nitrogens with one attached hydrogen (secondary N) is 2. The Balaban J connectivity index is 2.17. The van der Waals surface area contributed by atoms with Gasteiger partial charge < -0.3 is 31.1 Å². The number of carbonyl (C=O) groups is 5. The summed E-state index contributed by atoms with van der Waals surface area (Å²) in [6.07, 6.45) is -0.427. The number of nitrogens with two attached hydrogens (primary N) is 1. The van der Waals surface area contributed by atoms with Crippen molar-refractivity contribution in [2.45, 2.75) is 70.1 Å². The Morgan fingerprint density at radius 3 is 2.14 bits per heavy atom. The monoisotopic (exact) mass is 490 g/mol. The Morgan fingerprint density at radius 2 is 1.66 bits per heavy atom. The van der Waals surface area contributed by atoms with Crippen molar-refractivity contribution in [1.29, 1.82) is 0 Å². The van der Waals surface area contributed by atoms with Gasteiger partial charge in [-0.3, -0.25) is 14.4 Å². The van der Waals surface area contributed by atoms with Gasteiger partial charge in [0, 0.05) is 13.1 Å². The van der Waals surface area contributed by atoms with Crippen molar-refractivity contribution < 1.29 is 33.8 Å². The Hall–Kier alpha value is -3.63. The lowest BCUT2D eigenvalue weighted by molar-refractivity contribution is -0.143. The highest BCUT2D eigenvalue weighted by molar-refractivity contribution is 5.95. The predicted molar refractivity (Wildman–Crippen MR) is 126 cm³/mol. The molecule has 1 saturated heterocycles. The van der Waals surface area contributed by atoms with Gasteiger partial charge in [-0.15, -0.1) is 0 Å². The van der Waals surface area contributed by atoms with Crippen LogP contribution in [0.15, 0.2) is 30.3 Å². The zero-order valence-corrected chi connectivity index (χ0v) is 20.5. The molecule has 2 unspecified atom stereocenters. The van der Waals surface area contributed by atoms with Crippen LogP contribution in [0.5, 0.6) is 0 Å². The summed E-state index contributed by atoms with van der Waals surface area (Å²) in [7, 11) is 0. The summed E-state index contributed by atoms with van der Waals surface area (Å²) < 4.78 is 5.44. The first-order valence-electron chi connectivity index (χ1n) is 11.4. The molecular formula is C24H34N4O7. The Kier molecular flexibility index (Phi) is 8.83. The summed E-state index contributed by atoms with van der Waals surface area (Å²) in [5.74, 6) is -3.47. The van der Waals surface area contributed by atoms with Crippen molar-refractivity contribution in [3.63, 3.8) is 0 Å². The average Bonchev–Trinajstić information content (AvgIpc) is 2.77.